The Morgan fingerprint density at radius 2 is 2.11 bits per heavy atom. The molecule has 0 amide bonds. The molecule has 1 aromatic heterocycles. The van der Waals surface area contributed by atoms with E-state index in [9.17, 15) is 8.42 Å². The van der Waals surface area contributed by atoms with Gasteiger partial charge in [0.25, 0.3) is 0 Å². The fraction of sp³-hybridized carbons (Fsp3) is 0.389. The van der Waals surface area contributed by atoms with E-state index >= 15 is 0 Å². The highest BCUT2D eigenvalue weighted by molar-refractivity contribution is 7.91. The average molecular weight is 409 g/mol. The number of sulfone groups is 1. The van der Waals surface area contributed by atoms with Gasteiger partial charge in [-0.15, -0.1) is 0 Å². The number of nitrogens with zero attached hydrogens (tertiary/aromatic N) is 1. The number of furan rings is 1. The Labute approximate surface area is 163 Å². The molecule has 0 spiro atoms. The predicted octanol–water partition coefficient (Wildman–Crippen LogP) is 2.07. The van der Waals surface area contributed by atoms with Crippen molar-refractivity contribution in [3.05, 3.63) is 47.9 Å². The number of rotatable bonds is 5. The highest BCUT2D eigenvalue weighted by Crippen LogP contribution is 2.32. The van der Waals surface area contributed by atoms with Crippen molar-refractivity contribution in [1.82, 2.24) is 10.2 Å². The normalized spacial score (nSPS) is 19.8. The van der Waals surface area contributed by atoms with Crippen molar-refractivity contribution in [2.75, 3.05) is 18.3 Å². The number of ether oxygens (including phenoxy) is 2. The molecule has 1 fully saturated rings. The molecule has 144 valence electrons. The quantitative estimate of drug-likeness (QED) is 0.753. The van der Waals surface area contributed by atoms with Crippen molar-refractivity contribution in [2.45, 2.75) is 25.6 Å². The molecule has 1 atom stereocenters. The molecule has 3 heterocycles. The molecular formula is C18H20N2O5S2. The van der Waals surface area contributed by atoms with Gasteiger partial charge in [-0.2, -0.15) is 0 Å². The van der Waals surface area contributed by atoms with Crippen LogP contribution in [0, 0.1) is 0 Å². The van der Waals surface area contributed by atoms with Gasteiger partial charge in [0.1, 0.15) is 5.76 Å². The zero-order chi connectivity index (χ0) is 18.9. The molecule has 0 saturated carbocycles. The second-order valence-electron chi connectivity index (χ2n) is 6.61. The Morgan fingerprint density at radius 1 is 1.26 bits per heavy atom. The summed E-state index contributed by atoms with van der Waals surface area (Å²) in [6, 6.07) is 9.23. The highest BCUT2D eigenvalue weighted by Gasteiger charge is 2.33. The van der Waals surface area contributed by atoms with Gasteiger partial charge in [0, 0.05) is 12.6 Å². The van der Waals surface area contributed by atoms with Crippen LogP contribution in [0.5, 0.6) is 11.5 Å². The topological polar surface area (TPSA) is 81.0 Å². The van der Waals surface area contributed by atoms with E-state index in [0.29, 0.717) is 24.6 Å². The van der Waals surface area contributed by atoms with Crippen LogP contribution in [0.4, 0.5) is 0 Å². The van der Waals surface area contributed by atoms with E-state index in [2.05, 4.69) is 5.32 Å². The second kappa shape index (κ2) is 7.40. The lowest BCUT2D eigenvalue weighted by Crippen LogP contribution is -2.45. The Morgan fingerprint density at radius 3 is 2.85 bits per heavy atom. The number of hydrogen-bond acceptors (Lipinski definition) is 6. The molecule has 1 saturated heterocycles. The first-order chi connectivity index (χ1) is 13.0. The third-order valence-corrected chi connectivity index (χ3v) is 6.83. The summed E-state index contributed by atoms with van der Waals surface area (Å²) in [4.78, 5) is 1.91. The third-order valence-electron chi connectivity index (χ3n) is 4.70. The lowest BCUT2D eigenvalue weighted by molar-refractivity contribution is 0.174. The fourth-order valence-corrected chi connectivity index (χ4v) is 5.30. The minimum Gasteiger partial charge on any atom is -0.467 e. The maximum atomic E-state index is 11.9. The van der Waals surface area contributed by atoms with Crippen LogP contribution in [0.2, 0.25) is 0 Å². The summed E-state index contributed by atoms with van der Waals surface area (Å²) < 4.78 is 40.0. The molecule has 0 aliphatic carbocycles. The fourth-order valence-electron chi connectivity index (χ4n) is 3.29. The number of fused-ring (bicyclic) bond motifs is 1. The Hall–Kier alpha value is -2.26. The molecule has 4 rings (SSSR count). The lowest BCUT2D eigenvalue weighted by atomic mass is 10.2. The third kappa shape index (κ3) is 4.19. The second-order valence-corrected chi connectivity index (χ2v) is 9.23. The molecule has 1 N–H and O–H groups in total. The lowest BCUT2D eigenvalue weighted by Gasteiger charge is -2.30. The van der Waals surface area contributed by atoms with Crippen molar-refractivity contribution < 1.29 is 22.3 Å². The Bertz CT molecular complexity index is 927. The molecule has 7 nitrogen and oxygen atoms in total. The first-order valence-corrected chi connectivity index (χ1v) is 10.9. The largest absolute Gasteiger partial charge is 0.467 e. The van der Waals surface area contributed by atoms with Gasteiger partial charge in [-0.3, -0.25) is 0 Å². The van der Waals surface area contributed by atoms with Gasteiger partial charge in [0.15, 0.2) is 26.4 Å². The molecule has 1 aromatic carbocycles. The molecule has 0 unspecified atom stereocenters. The van der Waals surface area contributed by atoms with Gasteiger partial charge in [0.05, 0.1) is 24.3 Å². The van der Waals surface area contributed by atoms with E-state index < -0.39 is 9.84 Å². The first-order valence-electron chi connectivity index (χ1n) is 8.66. The summed E-state index contributed by atoms with van der Waals surface area (Å²) in [5, 5.41) is 3.74. The van der Waals surface area contributed by atoms with Crippen molar-refractivity contribution in [2.24, 2.45) is 0 Å². The van der Waals surface area contributed by atoms with E-state index in [1.165, 1.54) is 0 Å². The zero-order valence-electron chi connectivity index (χ0n) is 14.6. The van der Waals surface area contributed by atoms with Gasteiger partial charge in [0.2, 0.25) is 6.79 Å². The van der Waals surface area contributed by atoms with E-state index in [1.54, 1.807) is 6.26 Å². The monoisotopic (exact) mass is 408 g/mol. The Kier molecular flexibility index (Phi) is 4.96. The van der Waals surface area contributed by atoms with Crippen LogP contribution in [0.25, 0.3) is 0 Å². The van der Waals surface area contributed by atoms with E-state index in [1.807, 2.05) is 35.2 Å². The summed E-state index contributed by atoms with van der Waals surface area (Å²) in [5.74, 6) is 2.49. The average Bonchev–Trinajstić information content (AvgIpc) is 3.38. The van der Waals surface area contributed by atoms with Gasteiger partial charge in [-0.1, -0.05) is 6.07 Å². The molecule has 0 radical (unpaired) electrons. The van der Waals surface area contributed by atoms with Crippen LogP contribution in [0.3, 0.4) is 0 Å². The summed E-state index contributed by atoms with van der Waals surface area (Å²) in [6.07, 6.45) is 2.16. The number of benzene rings is 1. The van der Waals surface area contributed by atoms with E-state index in [0.717, 1.165) is 22.8 Å². The SMILES string of the molecule is O=S1(=O)CC[C@H](N(Cc2ccco2)C(=S)NCc2ccc3c(c2)OCO3)C1. The maximum Gasteiger partial charge on any atom is 0.231 e. The van der Waals surface area contributed by atoms with Crippen molar-refractivity contribution in [3.8, 4) is 11.5 Å². The summed E-state index contributed by atoms with van der Waals surface area (Å²) in [5.41, 5.74) is 0.999. The number of hydrogen-bond donors (Lipinski definition) is 1. The van der Waals surface area contributed by atoms with Crippen molar-refractivity contribution >= 4 is 27.2 Å². The smallest absolute Gasteiger partial charge is 0.231 e. The minimum absolute atomic E-state index is 0.111. The van der Waals surface area contributed by atoms with Gasteiger partial charge in [-0.05, 0) is 48.5 Å². The van der Waals surface area contributed by atoms with Crippen molar-refractivity contribution in [1.29, 1.82) is 0 Å². The van der Waals surface area contributed by atoms with Crippen molar-refractivity contribution in [3.63, 3.8) is 0 Å². The van der Waals surface area contributed by atoms with Gasteiger partial charge in [-0.25, -0.2) is 8.42 Å². The number of thiocarbonyl (C=S) groups is 1. The van der Waals surface area contributed by atoms with E-state index in [-0.39, 0.29) is 24.3 Å². The zero-order valence-corrected chi connectivity index (χ0v) is 16.2. The van der Waals surface area contributed by atoms with Crippen LogP contribution in [0.1, 0.15) is 17.7 Å². The molecule has 2 aromatic rings. The van der Waals surface area contributed by atoms with Crippen LogP contribution in [-0.2, 0) is 22.9 Å². The summed E-state index contributed by atoms with van der Waals surface area (Å²) in [6.45, 7) is 1.17. The Balaban J connectivity index is 1.45. The summed E-state index contributed by atoms with van der Waals surface area (Å²) in [7, 11) is -3.02. The predicted molar refractivity (Wildman–Crippen MR) is 103 cm³/mol. The number of nitrogens with one attached hydrogen (secondary N) is 1. The molecule has 2 aliphatic rings. The molecule has 2 aliphatic heterocycles. The van der Waals surface area contributed by atoms with Crippen LogP contribution in [0.15, 0.2) is 41.0 Å². The maximum absolute atomic E-state index is 11.9. The summed E-state index contributed by atoms with van der Waals surface area (Å²) >= 11 is 5.58. The van der Waals surface area contributed by atoms with Crippen LogP contribution < -0.4 is 14.8 Å². The minimum atomic E-state index is -3.02. The van der Waals surface area contributed by atoms with Crippen LogP contribution in [-0.4, -0.2) is 42.8 Å². The first kappa shape index (κ1) is 18.1. The van der Waals surface area contributed by atoms with Gasteiger partial charge >= 0.3 is 0 Å². The molecule has 9 heteroatoms. The van der Waals surface area contributed by atoms with Gasteiger partial charge < -0.3 is 24.1 Å². The highest BCUT2D eigenvalue weighted by atomic mass is 32.2. The molecule has 27 heavy (non-hydrogen) atoms. The molecule has 0 bridgehead atoms. The standard InChI is InChI=1S/C18H20N2O5S2/c21-27(22)7-5-14(11-27)20(10-15-2-1-6-23-15)18(26)19-9-13-3-4-16-17(8-13)25-12-24-16/h1-4,6,8,14H,5,7,9-12H2,(H,19,26)/t14-/m0/s1. The van der Waals surface area contributed by atoms with Crippen LogP contribution >= 0.6 is 12.2 Å². The van der Waals surface area contributed by atoms with E-state index in [4.69, 9.17) is 26.1 Å². The molecular weight excluding hydrogens is 388 g/mol.